The molecule has 0 nitrogen and oxygen atoms in total. The largest absolute Gasteiger partial charge is 0.0849 e. The van der Waals surface area contributed by atoms with E-state index in [2.05, 4.69) is 39.8 Å². The third-order valence-corrected chi connectivity index (χ3v) is 2.86. The monoisotopic (exact) mass is 152 g/mol. The normalized spacial score (nSPS) is 30.7. The lowest BCUT2D eigenvalue weighted by Gasteiger charge is -2.17. The van der Waals surface area contributed by atoms with Crippen molar-refractivity contribution in [3.8, 4) is 0 Å². The van der Waals surface area contributed by atoms with Crippen LogP contribution in [0.4, 0.5) is 0 Å². The molecule has 0 aromatic heterocycles. The molecule has 2 atom stereocenters. The lowest BCUT2D eigenvalue weighted by Crippen LogP contribution is -2.08. The van der Waals surface area contributed by atoms with Gasteiger partial charge in [0.2, 0.25) is 0 Å². The summed E-state index contributed by atoms with van der Waals surface area (Å²) in [5.41, 5.74) is 0. The zero-order chi connectivity index (χ0) is 8.43. The zero-order valence-corrected chi connectivity index (χ0v) is 8.17. The fraction of sp³-hybridized carbons (Fsp3) is 0.818. The average Bonchev–Trinajstić information content (AvgIpc) is 2.33. The molecule has 0 fully saturated rings. The summed E-state index contributed by atoms with van der Waals surface area (Å²) in [6, 6.07) is 0. The quantitative estimate of drug-likeness (QED) is 0.531. The van der Waals surface area contributed by atoms with Crippen LogP contribution in [0, 0.1) is 23.7 Å². The van der Waals surface area contributed by atoms with Crippen molar-refractivity contribution in [2.24, 2.45) is 23.7 Å². The van der Waals surface area contributed by atoms with Gasteiger partial charge in [0.15, 0.2) is 0 Å². The lowest BCUT2D eigenvalue weighted by molar-refractivity contribution is 0.362. The molecule has 64 valence electrons. The molecule has 0 aliphatic heterocycles. The summed E-state index contributed by atoms with van der Waals surface area (Å²) in [5.74, 6) is 3.36. The van der Waals surface area contributed by atoms with E-state index in [-0.39, 0.29) is 0 Å². The number of rotatable bonds is 2. The predicted molar refractivity (Wildman–Crippen MR) is 50.4 cm³/mol. The molecular weight excluding hydrogens is 132 g/mol. The molecule has 0 spiro atoms. The van der Waals surface area contributed by atoms with Crippen molar-refractivity contribution in [1.29, 1.82) is 0 Å². The fourth-order valence-electron chi connectivity index (χ4n) is 1.75. The Bertz CT molecular complexity index is 126. The minimum Gasteiger partial charge on any atom is -0.0849 e. The predicted octanol–water partition coefficient (Wildman–Crippen LogP) is 3.49. The Morgan fingerprint density at radius 1 is 0.909 bits per heavy atom. The molecule has 0 radical (unpaired) electrons. The Morgan fingerprint density at radius 2 is 1.27 bits per heavy atom. The van der Waals surface area contributed by atoms with Gasteiger partial charge in [0.25, 0.3) is 0 Å². The summed E-state index contributed by atoms with van der Waals surface area (Å²) in [6.07, 6.45) is 6.21. The second-order valence-corrected chi connectivity index (χ2v) is 4.44. The summed E-state index contributed by atoms with van der Waals surface area (Å²) < 4.78 is 0. The lowest BCUT2D eigenvalue weighted by atomic mass is 9.88. The SMILES string of the molecule is CC(C)[C@@H]1C=C[C@H](C(C)C)C1. The first kappa shape index (κ1) is 8.83. The highest BCUT2D eigenvalue weighted by Gasteiger charge is 2.22. The molecule has 0 unspecified atom stereocenters. The molecule has 0 saturated heterocycles. The zero-order valence-electron chi connectivity index (χ0n) is 8.17. The van der Waals surface area contributed by atoms with Crippen LogP contribution in [0.5, 0.6) is 0 Å². The average molecular weight is 152 g/mol. The van der Waals surface area contributed by atoms with Gasteiger partial charge in [0, 0.05) is 0 Å². The van der Waals surface area contributed by atoms with Crippen molar-refractivity contribution < 1.29 is 0 Å². The first-order valence-electron chi connectivity index (χ1n) is 4.79. The molecule has 0 heteroatoms. The van der Waals surface area contributed by atoms with Gasteiger partial charge < -0.3 is 0 Å². The van der Waals surface area contributed by atoms with Crippen LogP contribution in [-0.2, 0) is 0 Å². The van der Waals surface area contributed by atoms with Crippen LogP contribution in [0.2, 0.25) is 0 Å². The highest BCUT2D eigenvalue weighted by Crippen LogP contribution is 2.33. The van der Waals surface area contributed by atoms with Gasteiger partial charge in [-0.05, 0) is 30.1 Å². The summed E-state index contributed by atoms with van der Waals surface area (Å²) in [4.78, 5) is 0. The van der Waals surface area contributed by atoms with Gasteiger partial charge in [-0.15, -0.1) is 0 Å². The van der Waals surface area contributed by atoms with Gasteiger partial charge in [-0.1, -0.05) is 39.8 Å². The summed E-state index contributed by atoms with van der Waals surface area (Å²) in [5, 5.41) is 0. The van der Waals surface area contributed by atoms with E-state index in [0.29, 0.717) is 0 Å². The Labute approximate surface area is 70.7 Å². The molecule has 0 saturated carbocycles. The molecule has 1 aliphatic rings. The van der Waals surface area contributed by atoms with Crippen molar-refractivity contribution >= 4 is 0 Å². The maximum absolute atomic E-state index is 2.41. The number of hydrogen-bond acceptors (Lipinski definition) is 0. The van der Waals surface area contributed by atoms with Crippen LogP contribution in [-0.4, -0.2) is 0 Å². The van der Waals surface area contributed by atoms with Crippen LogP contribution in [0.1, 0.15) is 34.1 Å². The molecule has 0 amide bonds. The van der Waals surface area contributed by atoms with E-state index in [1.165, 1.54) is 6.42 Å². The smallest absolute Gasteiger partial charge is 0.0205 e. The second-order valence-electron chi connectivity index (χ2n) is 4.44. The summed E-state index contributed by atoms with van der Waals surface area (Å²) in [6.45, 7) is 9.27. The molecule has 0 aromatic carbocycles. The summed E-state index contributed by atoms with van der Waals surface area (Å²) in [7, 11) is 0. The van der Waals surface area contributed by atoms with Crippen molar-refractivity contribution in [2.75, 3.05) is 0 Å². The molecule has 1 aliphatic carbocycles. The highest BCUT2D eigenvalue weighted by atomic mass is 14.3. The minimum absolute atomic E-state index is 0.829. The van der Waals surface area contributed by atoms with Gasteiger partial charge in [0.05, 0.1) is 0 Å². The van der Waals surface area contributed by atoms with Crippen molar-refractivity contribution in [3.63, 3.8) is 0 Å². The molecule has 0 bridgehead atoms. The Morgan fingerprint density at radius 3 is 1.45 bits per heavy atom. The molecule has 0 aromatic rings. The van der Waals surface area contributed by atoms with Gasteiger partial charge >= 0.3 is 0 Å². The highest BCUT2D eigenvalue weighted by molar-refractivity contribution is 5.03. The third kappa shape index (κ3) is 2.08. The van der Waals surface area contributed by atoms with E-state index in [0.717, 1.165) is 23.7 Å². The van der Waals surface area contributed by atoms with E-state index < -0.39 is 0 Å². The first-order chi connectivity index (χ1) is 5.11. The van der Waals surface area contributed by atoms with E-state index in [1.807, 2.05) is 0 Å². The van der Waals surface area contributed by atoms with E-state index in [4.69, 9.17) is 0 Å². The number of allylic oxidation sites excluding steroid dienone is 2. The standard InChI is InChI=1S/C11H20/c1-8(2)10-5-6-11(7-10)9(3)4/h5-6,8-11H,7H2,1-4H3/t10-,11+. The fourth-order valence-corrected chi connectivity index (χ4v) is 1.75. The first-order valence-corrected chi connectivity index (χ1v) is 4.79. The molecular formula is C11H20. The van der Waals surface area contributed by atoms with Crippen LogP contribution >= 0.6 is 0 Å². The molecule has 11 heavy (non-hydrogen) atoms. The maximum atomic E-state index is 2.41. The van der Waals surface area contributed by atoms with Crippen molar-refractivity contribution in [1.82, 2.24) is 0 Å². The van der Waals surface area contributed by atoms with Crippen LogP contribution < -0.4 is 0 Å². The molecule has 0 N–H and O–H groups in total. The third-order valence-electron chi connectivity index (χ3n) is 2.86. The van der Waals surface area contributed by atoms with Crippen LogP contribution in [0.3, 0.4) is 0 Å². The van der Waals surface area contributed by atoms with Crippen LogP contribution in [0.25, 0.3) is 0 Å². The van der Waals surface area contributed by atoms with Gasteiger partial charge in [-0.25, -0.2) is 0 Å². The Balaban J connectivity index is 2.43. The topological polar surface area (TPSA) is 0 Å². The molecule has 0 heterocycles. The van der Waals surface area contributed by atoms with Crippen molar-refractivity contribution in [3.05, 3.63) is 12.2 Å². The molecule has 1 rings (SSSR count). The van der Waals surface area contributed by atoms with E-state index in [1.54, 1.807) is 0 Å². The van der Waals surface area contributed by atoms with Gasteiger partial charge in [-0.3, -0.25) is 0 Å². The van der Waals surface area contributed by atoms with Crippen LogP contribution in [0.15, 0.2) is 12.2 Å². The summed E-state index contributed by atoms with van der Waals surface area (Å²) >= 11 is 0. The van der Waals surface area contributed by atoms with Gasteiger partial charge in [0.1, 0.15) is 0 Å². The van der Waals surface area contributed by atoms with Gasteiger partial charge in [-0.2, -0.15) is 0 Å². The minimum atomic E-state index is 0.829. The second kappa shape index (κ2) is 3.42. The Kier molecular flexibility index (Phi) is 2.75. The van der Waals surface area contributed by atoms with Crippen molar-refractivity contribution in [2.45, 2.75) is 34.1 Å². The maximum Gasteiger partial charge on any atom is -0.0205 e. The van der Waals surface area contributed by atoms with E-state index >= 15 is 0 Å². The Hall–Kier alpha value is -0.260. The van der Waals surface area contributed by atoms with E-state index in [9.17, 15) is 0 Å². The number of hydrogen-bond donors (Lipinski definition) is 0.